The normalized spacial score (nSPS) is 11.9. The van der Waals surface area contributed by atoms with Gasteiger partial charge in [-0.3, -0.25) is 0 Å². The molecule has 2 N–H and O–H groups in total. The zero-order chi connectivity index (χ0) is 10.9. The second-order valence-electron chi connectivity index (χ2n) is 2.96. The number of nitrogens with two attached hydrogens (primary N) is 1. The number of halogens is 4. The van der Waals surface area contributed by atoms with Gasteiger partial charge in [0.25, 0.3) is 5.92 Å². The molecule has 78 valence electrons. The second kappa shape index (κ2) is 3.57. The molecular weight excluding hydrogens is 198 g/mol. The van der Waals surface area contributed by atoms with E-state index in [4.69, 9.17) is 5.73 Å². The van der Waals surface area contributed by atoms with Gasteiger partial charge in [-0.25, -0.2) is 8.78 Å². The highest BCUT2D eigenvalue weighted by molar-refractivity contribution is 5.30. The van der Waals surface area contributed by atoms with Crippen LogP contribution in [0.1, 0.15) is 11.1 Å². The maximum Gasteiger partial charge on any atom is 0.290 e. The molecule has 0 amide bonds. The van der Waals surface area contributed by atoms with E-state index in [1.165, 1.54) is 6.92 Å². The highest BCUT2D eigenvalue weighted by Crippen LogP contribution is 2.32. The minimum atomic E-state index is -3.67. The van der Waals surface area contributed by atoms with Crippen molar-refractivity contribution < 1.29 is 17.6 Å². The summed E-state index contributed by atoms with van der Waals surface area (Å²) in [7, 11) is 0. The number of aryl methyl sites for hydroxylation is 1. The van der Waals surface area contributed by atoms with Crippen LogP contribution in [-0.2, 0) is 5.92 Å². The molecule has 0 radical (unpaired) electrons. The minimum Gasteiger partial charge on any atom is -0.325 e. The van der Waals surface area contributed by atoms with Gasteiger partial charge >= 0.3 is 0 Å². The quantitative estimate of drug-likeness (QED) is 0.740. The molecule has 0 unspecified atom stereocenters. The van der Waals surface area contributed by atoms with Crippen LogP contribution in [0.2, 0.25) is 0 Å². The van der Waals surface area contributed by atoms with E-state index >= 15 is 0 Å². The SMILES string of the molecule is Cc1ccc(F)c(C(F)(F)CN)c1F. The molecule has 14 heavy (non-hydrogen) atoms. The second-order valence-corrected chi connectivity index (χ2v) is 2.96. The van der Waals surface area contributed by atoms with Gasteiger partial charge in [-0.15, -0.1) is 0 Å². The fraction of sp³-hybridized carbons (Fsp3) is 0.333. The van der Waals surface area contributed by atoms with E-state index in [1.807, 2.05) is 0 Å². The van der Waals surface area contributed by atoms with Crippen molar-refractivity contribution in [3.05, 3.63) is 34.9 Å². The first-order valence-corrected chi connectivity index (χ1v) is 3.93. The topological polar surface area (TPSA) is 26.0 Å². The molecular formula is C9H9F4N. The van der Waals surface area contributed by atoms with Gasteiger partial charge in [0.1, 0.15) is 11.6 Å². The predicted molar refractivity (Wildman–Crippen MR) is 44.0 cm³/mol. The third-order valence-corrected chi connectivity index (χ3v) is 1.91. The van der Waals surface area contributed by atoms with Gasteiger partial charge in [-0.05, 0) is 18.6 Å². The summed E-state index contributed by atoms with van der Waals surface area (Å²) in [6.07, 6.45) is 0. The Morgan fingerprint density at radius 1 is 1.29 bits per heavy atom. The lowest BCUT2D eigenvalue weighted by Gasteiger charge is -2.16. The van der Waals surface area contributed by atoms with Gasteiger partial charge in [0.2, 0.25) is 0 Å². The van der Waals surface area contributed by atoms with E-state index in [9.17, 15) is 17.6 Å². The summed E-state index contributed by atoms with van der Waals surface area (Å²) in [5.41, 5.74) is 3.46. The average Bonchev–Trinajstić information content (AvgIpc) is 2.12. The molecule has 1 aromatic carbocycles. The highest BCUT2D eigenvalue weighted by atomic mass is 19.3. The van der Waals surface area contributed by atoms with Gasteiger partial charge in [0.05, 0.1) is 12.1 Å². The Kier molecular flexibility index (Phi) is 2.80. The van der Waals surface area contributed by atoms with E-state index in [0.29, 0.717) is 0 Å². The third kappa shape index (κ3) is 1.72. The Balaban J connectivity index is 3.40. The molecule has 0 aromatic heterocycles. The molecule has 0 atom stereocenters. The van der Waals surface area contributed by atoms with Gasteiger partial charge in [0.15, 0.2) is 0 Å². The minimum absolute atomic E-state index is 0.0328. The Morgan fingerprint density at radius 2 is 1.86 bits per heavy atom. The zero-order valence-electron chi connectivity index (χ0n) is 7.45. The number of rotatable bonds is 2. The maximum atomic E-state index is 13.2. The van der Waals surface area contributed by atoms with Crippen molar-refractivity contribution in [3.8, 4) is 0 Å². The van der Waals surface area contributed by atoms with Gasteiger partial charge in [-0.1, -0.05) is 6.07 Å². The van der Waals surface area contributed by atoms with Crippen LogP contribution in [0.3, 0.4) is 0 Å². The van der Waals surface area contributed by atoms with Crippen LogP contribution in [0, 0.1) is 18.6 Å². The number of hydrogen-bond donors (Lipinski definition) is 1. The predicted octanol–water partition coefficient (Wildman–Crippen LogP) is 2.32. The molecule has 1 rings (SSSR count). The van der Waals surface area contributed by atoms with Crippen molar-refractivity contribution in [2.45, 2.75) is 12.8 Å². The summed E-state index contributed by atoms with van der Waals surface area (Å²) < 4.78 is 52.1. The number of alkyl halides is 2. The Labute approximate surface area is 78.5 Å². The molecule has 5 heteroatoms. The van der Waals surface area contributed by atoms with E-state index < -0.39 is 29.7 Å². The molecule has 0 fully saturated rings. The lowest BCUT2D eigenvalue weighted by molar-refractivity contribution is -0.00149. The standard InChI is InChI=1S/C9H9F4N/c1-5-2-3-6(10)7(8(5)11)9(12,13)4-14/h2-3H,4,14H2,1H3. The monoisotopic (exact) mass is 207 g/mol. The van der Waals surface area contributed by atoms with Crippen molar-refractivity contribution in [1.82, 2.24) is 0 Å². The van der Waals surface area contributed by atoms with E-state index in [-0.39, 0.29) is 5.56 Å². The van der Waals surface area contributed by atoms with Crippen LogP contribution in [0.4, 0.5) is 17.6 Å². The van der Waals surface area contributed by atoms with Gasteiger partial charge in [-0.2, -0.15) is 8.78 Å². The van der Waals surface area contributed by atoms with Crippen LogP contribution in [0.25, 0.3) is 0 Å². The first-order chi connectivity index (χ1) is 6.40. The molecule has 1 aromatic rings. The smallest absolute Gasteiger partial charge is 0.290 e. The summed E-state index contributed by atoms with van der Waals surface area (Å²) in [5, 5.41) is 0. The molecule has 0 aliphatic rings. The fourth-order valence-electron chi connectivity index (χ4n) is 1.09. The fourth-order valence-corrected chi connectivity index (χ4v) is 1.09. The molecule has 0 bridgehead atoms. The summed E-state index contributed by atoms with van der Waals surface area (Å²) >= 11 is 0. The largest absolute Gasteiger partial charge is 0.325 e. The van der Waals surface area contributed by atoms with Crippen LogP contribution in [0.5, 0.6) is 0 Å². The van der Waals surface area contributed by atoms with E-state index in [1.54, 1.807) is 0 Å². The van der Waals surface area contributed by atoms with Gasteiger partial charge in [0, 0.05) is 0 Å². The van der Waals surface area contributed by atoms with Crippen LogP contribution >= 0.6 is 0 Å². The first kappa shape index (κ1) is 11.0. The summed E-state index contributed by atoms with van der Waals surface area (Å²) in [4.78, 5) is 0. The Bertz CT molecular complexity index is 349. The van der Waals surface area contributed by atoms with E-state index in [0.717, 1.165) is 12.1 Å². The van der Waals surface area contributed by atoms with Gasteiger partial charge < -0.3 is 5.73 Å². The molecule has 0 spiro atoms. The molecule has 0 aliphatic carbocycles. The van der Waals surface area contributed by atoms with Crippen molar-refractivity contribution in [1.29, 1.82) is 0 Å². The Morgan fingerprint density at radius 3 is 2.36 bits per heavy atom. The molecule has 0 heterocycles. The number of benzene rings is 1. The van der Waals surface area contributed by atoms with Crippen molar-refractivity contribution in [3.63, 3.8) is 0 Å². The highest BCUT2D eigenvalue weighted by Gasteiger charge is 2.36. The molecule has 0 aliphatic heterocycles. The van der Waals surface area contributed by atoms with Crippen molar-refractivity contribution in [2.24, 2.45) is 5.73 Å². The molecule has 1 nitrogen and oxygen atoms in total. The summed E-state index contributed by atoms with van der Waals surface area (Å²) in [6, 6.07) is 1.90. The lowest BCUT2D eigenvalue weighted by atomic mass is 10.0. The van der Waals surface area contributed by atoms with E-state index in [2.05, 4.69) is 0 Å². The zero-order valence-corrected chi connectivity index (χ0v) is 7.45. The van der Waals surface area contributed by atoms with Crippen molar-refractivity contribution in [2.75, 3.05) is 6.54 Å². The van der Waals surface area contributed by atoms with Crippen LogP contribution < -0.4 is 5.73 Å². The summed E-state index contributed by atoms with van der Waals surface area (Å²) in [5.74, 6) is -6.18. The first-order valence-electron chi connectivity index (χ1n) is 3.93. The van der Waals surface area contributed by atoms with Crippen LogP contribution in [0.15, 0.2) is 12.1 Å². The lowest BCUT2D eigenvalue weighted by Crippen LogP contribution is -2.28. The van der Waals surface area contributed by atoms with Crippen molar-refractivity contribution >= 4 is 0 Å². The number of hydrogen-bond acceptors (Lipinski definition) is 1. The molecule has 0 saturated carbocycles. The third-order valence-electron chi connectivity index (χ3n) is 1.91. The summed E-state index contributed by atoms with van der Waals surface area (Å²) in [6.45, 7) is 0.162. The molecule has 0 saturated heterocycles. The Hall–Kier alpha value is -1.10. The average molecular weight is 207 g/mol. The van der Waals surface area contributed by atoms with Crippen LogP contribution in [-0.4, -0.2) is 6.54 Å². The maximum absolute atomic E-state index is 13.2.